The molecule has 0 saturated carbocycles. The number of carbonyl (C=O) groups is 1. The molecule has 11 heteroatoms. The topological polar surface area (TPSA) is 109 Å². The fourth-order valence-corrected chi connectivity index (χ4v) is 4.01. The monoisotopic (exact) mass is 414 g/mol. The number of hydrogen-bond donors (Lipinski definition) is 2. The van der Waals surface area contributed by atoms with Gasteiger partial charge < -0.3 is 8.94 Å². The zero-order chi connectivity index (χ0) is 19.8. The Kier molecular flexibility index (Phi) is 4.52. The summed E-state index contributed by atoms with van der Waals surface area (Å²) in [5, 5.41) is 10.4. The fourth-order valence-electron chi connectivity index (χ4n) is 3.21. The van der Waals surface area contributed by atoms with Crippen LogP contribution in [0.25, 0.3) is 11.4 Å². The molecule has 0 spiro atoms. The van der Waals surface area contributed by atoms with Gasteiger partial charge in [0.1, 0.15) is 17.6 Å². The van der Waals surface area contributed by atoms with Gasteiger partial charge in [-0.1, -0.05) is 16.9 Å². The van der Waals surface area contributed by atoms with Gasteiger partial charge in [-0.2, -0.15) is 4.98 Å². The average Bonchev–Trinajstić information content (AvgIpc) is 3.48. The quantitative estimate of drug-likeness (QED) is 0.670. The maximum atomic E-state index is 13.1. The summed E-state index contributed by atoms with van der Waals surface area (Å²) in [4.78, 5) is 16.5. The first-order valence-electron chi connectivity index (χ1n) is 8.85. The van der Waals surface area contributed by atoms with E-state index in [-0.39, 0.29) is 23.8 Å². The van der Waals surface area contributed by atoms with Crippen molar-refractivity contribution in [3.63, 3.8) is 0 Å². The van der Waals surface area contributed by atoms with Gasteiger partial charge in [0.2, 0.25) is 11.7 Å². The Bertz CT molecular complexity index is 1050. The molecular formula is C18H15FN6O3S. The van der Waals surface area contributed by atoms with E-state index in [0.717, 1.165) is 5.76 Å². The molecule has 1 saturated heterocycles. The standard InChI is InChI=1S/C18H15FN6O3S/c19-11-5-3-10(4-6-11)16-20-15(28-24-16)9-29-18-22-21-17(26)13-8-12(23-25(13)18)14-2-1-7-27-14/h1-7,12-13,23H,8-9H2,(H,21,26). The fraction of sp³-hybridized carbons (Fsp3) is 0.222. The Labute approximate surface area is 168 Å². The molecule has 0 radical (unpaired) electrons. The number of rotatable bonds is 4. The second-order valence-electron chi connectivity index (χ2n) is 6.50. The maximum absolute atomic E-state index is 13.1. The minimum absolute atomic E-state index is 0.113. The molecule has 148 valence electrons. The van der Waals surface area contributed by atoms with Crippen molar-refractivity contribution in [2.45, 2.75) is 24.3 Å². The van der Waals surface area contributed by atoms with E-state index >= 15 is 0 Å². The second kappa shape index (κ2) is 7.33. The van der Waals surface area contributed by atoms with Gasteiger partial charge in [-0.25, -0.2) is 15.2 Å². The molecule has 2 aliphatic rings. The van der Waals surface area contributed by atoms with E-state index < -0.39 is 0 Å². The summed E-state index contributed by atoms with van der Waals surface area (Å²) < 4.78 is 23.8. The molecule has 1 amide bonds. The molecule has 2 atom stereocenters. The highest BCUT2D eigenvalue weighted by atomic mass is 32.2. The summed E-state index contributed by atoms with van der Waals surface area (Å²) in [6, 6.07) is 9.04. The highest BCUT2D eigenvalue weighted by Crippen LogP contribution is 2.32. The highest BCUT2D eigenvalue weighted by Gasteiger charge is 2.42. The van der Waals surface area contributed by atoms with Gasteiger partial charge in [-0.05, 0) is 36.4 Å². The van der Waals surface area contributed by atoms with E-state index in [1.165, 1.54) is 23.9 Å². The van der Waals surface area contributed by atoms with Crippen molar-refractivity contribution >= 4 is 22.8 Å². The number of amides is 1. The molecule has 1 fully saturated rings. The predicted octanol–water partition coefficient (Wildman–Crippen LogP) is 2.42. The van der Waals surface area contributed by atoms with Crippen molar-refractivity contribution in [2.75, 3.05) is 0 Å². The van der Waals surface area contributed by atoms with E-state index in [1.807, 2.05) is 12.1 Å². The predicted molar refractivity (Wildman–Crippen MR) is 101 cm³/mol. The molecule has 0 bridgehead atoms. The lowest BCUT2D eigenvalue weighted by atomic mass is 10.1. The number of hydrazone groups is 1. The third-order valence-electron chi connectivity index (χ3n) is 4.62. The smallest absolute Gasteiger partial charge is 0.264 e. The summed E-state index contributed by atoms with van der Waals surface area (Å²) >= 11 is 1.35. The van der Waals surface area contributed by atoms with Crippen LogP contribution in [0.15, 0.2) is 56.7 Å². The van der Waals surface area contributed by atoms with Gasteiger partial charge >= 0.3 is 0 Å². The van der Waals surface area contributed by atoms with Gasteiger partial charge in [0.15, 0.2) is 5.17 Å². The van der Waals surface area contributed by atoms with Crippen LogP contribution in [0.3, 0.4) is 0 Å². The van der Waals surface area contributed by atoms with Crippen LogP contribution >= 0.6 is 11.8 Å². The molecule has 5 rings (SSSR count). The number of furan rings is 1. The van der Waals surface area contributed by atoms with Crippen molar-refractivity contribution in [1.82, 2.24) is 26.0 Å². The molecule has 1 aromatic carbocycles. The number of carbonyl (C=O) groups excluding carboxylic acids is 1. The zero-order valence-electron chi connectivity index (χ0n) is 14.9. The summed E-state index contributed by atoms with van der Waals surface area (Å²) in [6.45, 7) is 0. The van der Waals surface area contributed by atoms with Crippen LogP contribution in [0, 0.1) is 5.82 Å². The Morgan fingerprint density at radius 1 is 1.28 bits per heavy atom. The van der Waals surface area contributed by atoms with E-state index in [0.29, 0.717) is 34.6 Å². The van der Waals surface area contributed by atoms with Crippen molar-refractivity contribution in [3.05, 3.63) is 60.1 Å². The molecule has 3 aromatic rings. The first-order valence-corrected chi connectivity index (χ1v) is 9.83. The highest BCUT2D eigenvalue weighted by molar-refractivity contribution is 8.13. The Hall–Kier alpha value is -3.18. The number of hydrogen-bond acceptors (Lipinski definition) is 9. The molecule has 29 heavy (non-hydrogen) atoms. The molecule has 2 aromatic heterocycles. The summed E-state index contributed by atoms with van der Waals surface area (Å²) in [5.74, 6) is 1.40. The minimum atomic E-state index is -0.387. The van der Waals surface area contributed by atoms with Gasteiger partial charge in [-0.15, -0.1) is 5.10 Å². The molecule has 2 aliphatic heterocycles. The number of aromatic nitrogens is 2. The molecule has 0 aliphatic carbocycles. The van der Waals surface area contributed by atoms with Crippen LogP contribution in [0.5, 0.6) is 0 Å². The van der Waals surface area contributed by atoms with Crippen LogP contribution in [0.1, 0.15) is 24.1 Å². The minimum Gasteiger partial charge on any atom is -0.468 e. The molecule has 4 heterocycles. The van der Waals surface area contributed by atoms with Crippen molar-refractivity contribution < 1.29 is 18.1 Å². The van der Waals surface area contributed by atoms with Gasteiger partial charge in [-0.3, -0.25) is 9.80 Å². The zero-order valence-corrected chi connectivity index (χ0v) is 15.7. The third-order valence-corrected chi connectivity index (χ3v) is 5.56. The number of fused-ring (bicyclic) bond motifs is 1. The first kappa shape index (κ1) is 17.9. The van der Waals surface area contributed by atoms with Crippen LogP contribution in [-0.2, 0) is 10.5 Å². The third kappa shape index (κ3) is 3.49. The number of amidine groups is 1. The maximum Gasteiger partial charge on any atom is 0.264 e. The Morgan fingerprint density at radius 2 is 2.14 bits per heavy atom. The molecule has 2 unspecified atom stereocenters. The molecular weight excluding hydrogens is 399 g/mol. The Morgan fingerprint density at radius 3 is 2.93 bits per heavy atom. The number of halogens is 1. The molecule has 9 nitrogen and oxygen atoms in total. The van der Waals surface area contributed by atoms with Crippen LogP contribution in [0.2, 0.25) is 0 Å². The summed E-state index contributed by atoms with van der Waals surface area (Å²) in [7, 11) is 0. The van der Waals surface area contributed by atoms with E-state index in [9.17, 15) is 9.18 Å². The normalized spacial score (nSPS) is 21.1. The number of hydrazine groups is 1. The van der Waals surface area contributed by atoms with Crippen LogP contribution in [-0.4, -0.2) is 32.3 Å². The largest absolute Gasteiger partial charge is 0.468 e. The number of nitrogens with one attached hydrogen (secondary N) is 2. The van der Waals surface area contributed by atoms with E-state index in [2.05, 4.69) is 26.1 Å². The Balaban J connectivity index is 1.27. The number of benzene rings is 1. The van der Waals surface area contributed by atoms with Gasteiger partial charge in [0.05, 0.1) is 18.1 Å². The summed E-state index contributed by atoms with van der Waals surface area (Å²) in [5.41, 5.74) is 6.49. The summed E-state index contributed by atoms with van der Waals surface area (Å²) in [6.07, 6.45) is 2.17. The van der Waals surface area contributed by atoms with Gasteiger partial charge in [0, 0.05) is 12.0 Å². The van der Waals surface area contributed by atoms with Crippen molar-refractivity contribution in [2.24, 2.45) is 5.10 Å². The molecule has 2 N–H and O–H groups in total. The van der Waals surface area contributed by atoms with Gasteiger partial charge in [0.25, 0.3) is 5.91 Å². The SMILES string of the molecule is O=C1NN=C(SCc2nc(-c3ccc(F)cc3)no2)N2NC(c3ccco3)CC12. The van der Waals surface area contributed by atoms with Crippen LogP contribution in [0.4, 0.5) is 4.39 Å². The van der Waals surface area contributed by atoms with E-state index in [1.54, 1.807) is 23.4 Å². The van der Waals surface area contributed by atoms with Crippen molar-refractivity contribution in [3.8, 4) is 11.4 Å². The van der Waals surface area contributed by atoms with E-state index in [4.69, 9.17) is 8.94 Å². The lowest BCUT2D eigenvalue weighted by molar-refractivity contribution is -0.125. The second-order valence-corrected chi connectivity index (χ2v) is 7.44. The lowest BCUT2D eigenvalue weighted by Gasteiger charge is -2.28. The number of nitrogens with zero attached hydrogens (tertiary/aromatic N) is 4. The number of thioether (sulfide) groups is 1. The van der Waals surface area contributed by atoms with Crippen molar-refractivity contribution in [1.29, 1.82) is 0 Å². The van der Waals surface area contributed by atoms with Crippen LogP contribution < -0.4 is 10.9 Å². The average molecular weight is 414 g/mol. The lowest BCUT2D eigenvalue weighted by Crippen LogP contribution is -2.52. The first-order chi connectivity index (χ1) is 14.2.